The van der Waals surface area contributed by atoms with Crippen molar-refractivity contribution in [2.24, 2.45) is 5.92 Å². The molecule has 2 atom stereocenters. The highest BCUT2D eigenvalue weighted by atomic mass is 16.2. The highest BCUT2D eigenvalue weighted by molar-refractivity contribution is 5.89. The minimum absolute atomic E-state index is 0.0178. The van der Waals surface area contributed by atoms with Crippen LogP contribution in [0.1, 0.15) is 36.1 Å². The van der Waals surface area contributed by atoms with Crippen LogP contribution < -0.4 is 0 Å². The van der Waals surface area contributed by atoms with Crippen molar-refractivity contribution in [1.29, 1.82) is 5.26 Å². The third-order valence-electron chi connectivity index (χ3n) is 6.43. The minimum atomic E-state index is -0.247. The fourth-order valence-corrected chi connectivity index (χ4v) is 4.51. The quantitative estimate of drug-likeness (QED) is 0.752. The number of carbonyl (C=O) groups excluding carboxylic acids is 2. The Morgan fingerprint density at radius 1 is 1.06 bits per heavy atom. The van der Waals surface area contributed by atoms with Crippen LogP contribution in [0.2, 0.25) is 0 Å². The number of rotatable bonds is 5. The predicted octanol–water partition coefficient (Wildman–Crippen LogP) is 2.81. The Labute approximate surface area is 183 Å². The standard InChI is InChI=1S/C25H28N4O2/c1-19(22-5-3-2-4-6-22)29-18-23(15-24(29)30)25(31)28-13-11-27(12-14-28)17-21-9-7-20(16-26)8-10-21/h2-10,19,23H,11-15,17-18H2,1H3/t19-,23+/m1/s1. The Morgan fingerprint density at radius 3 is 2.39 bits per heavy atom. The number of likely N-dealkylation sites (tertiary alicyclic amines) is 1. The SMILES string of the molecule is C[C@H](c1ccccc1)N1C[C@@H](C(=O)N2CCN(Cc3ccc(C#N)cc3)CC2)CC1=O. The van der Waals surface area contributed by atoms with E-state index in [1.165, 1.54) is 5.56 Å². The second-order valence-corrected chi connectivity index (χ2v) is 8.44. The van der Waals surface area contributed by atoms with Gasteiger partial charge in [0.2, 0.25) is 11.8 Å². The molecule has 0 aromatic heterocycles. The van der Waals surface area contributed by atoms with Crippen LogP contribution in [-0.4, -0.2) is 59.2 Å². The molecule has 0 saturated carbocycles. The van der Waals surface area contributed by atoms with Gasteiger partial charge in [0.05, 0.1) is 23.6 Å². The third kappa shape index (κ3) is 4.78. The molecule has 4 rings (SSSR count). The van der Waals surface area contributed by atoms with Gasteiger partial charge in [-0.1, -0.05) is 42.5 Å². The zero-order valence-corrected chi connectivity index (χ0v) is 17.9. The summed E-state index contributed by atoms with van der Waals surface area (Å²) in [4.78, 5) is 31.8. The molecule has 6 heteroatoms. The Bertz CT molecular complexity index is 959. The van der Waals surface area contributed by atoms with E-state index in [0.29, 0.717) is 31.6 Å². The molecule has 2 aliphatic rings. The van der Waals surface area contributed by atoms with Crippen LogP contribution in [0.25, 0.3) is 0 Å². The molecule has 0 spiro atoms. The van der Waals surface area contributed by atoms with Crippen molar-refractivity contribution in [2.45, 2.75) is 25.9 Å². The zero-order valence-electron chi connectivity index (χ0n) is 17.9. The van der Waals surface area contributed by atoms with Crippen LogP contribution >= 0.6 is 0 Å². The summed E-state index contributed by atoms with van der Waals surface area (Å²) < 4.78 is 0. The Morgan fingerprint density at radius 2 is 1.74 bits per heavy atom. The van der Waals surface area contributed by atoms with E-state index in [4.69, 9.17) is 5.26 Å². The van der Waals surface area contributed by atoms with Gasteiger partial charge in [-0.2, -0.15) is 5.26 Å². The van der Waals surface area contributed by atoms with Crippen molar-refractivity contribution >= 4 is 11.8 Å². The number of piperazine rings is 1. The molecule has 31 heavy (non-hydrogen) atoms. The molecule has 2 aliphatic heterocycles. The largest absolute Gasteiger partial charge is 0.340 e. The minimum Gasteiger partial charge on any atom is -0.340 e. The molecule has 2 amide bonds. The van der Waals surface area contributed by atoms with Crippen molar-refractivity contribution in [3.8, 4) is 6.07 Å². The molecule has 0 radical (unpaired) electrons. The third-order valence-corrected chi connectivity index (χ3v) is 6.43. The second-order valence-electron chi connectivity index (χ2n) is 8.44. The van der Waals surface area contributed by atoms with Gasteiger partial charge < -0.3 is 9.80 Å². The molecule has 2 saturated heterocycles. The van der Waals surface area contributed by atoms with Crippen LogP contribution in [0.5, 0.6) is 0 Å². The van der Waals surface area contributed by atoms with E-state index >= 15 is 0 Å². The van der Waals surface area contributed by atoms with E-state index in [1.54, 1.807) is 0 Å². The lowest BCUT2D eigenvalue weighted by molar-refractivity contribution is -0.137. The van der Waals surface area contributed by atoms with Crippen LogP contribution in [0.15, 0.2) is 54.6 Å². The average Bonchev–Trinajstić information content (AvgIpc) is 3.21. The molecule has 2 aromatic carbocycles. The molecule has 0 bridgehead atoms. The molecular weight excluding hydrogens is 388 g/mol. The monoisotopic (exact) mass is 416 g/mol. The summed E-state index contributed by atoms with van der Waals surface area (Å²) in [6.45, 7) is 6.36. The predicted molar refractivity (Wildman–Crippen MR) is 118 cm³/mol. The van der Waals surface area contributed by atoms with Gasteiger partial charge in [0, 0.05) is 45.7 Å². The number of hydrogen-bond acceptors (Lipinski definition) is 4. The van der Waals surface area contributed by atoms with Gasteiger partial charge in [-0.15, -0.1) is 0 Å². The highest BCUT2D eigenvalue weighted by Gasteiger charge is 2.39. The summed E-state index contributed by atoms with van der Waals surface area (Å²) in [7, 11) is 0. The van der Waals surface area contributed by atoms with Gasteiger partial charge in [-0.3, -0.25) is 14.5 Å². The molecule has 0 N–H and O–H groups in total. The van der Waals surface area contributed by atoms with Crippen LogP contribution in [-0.2, 0) is 16.1 Å². The molecule has 0 aliphatic carbocycles. The van der Waals surface area contributed by atoms with E-state index in [9.17, 15) is 9.59 Å². The van der Waals surface area contributed by atoms with Crippen molar-refractivity contribution in [2.75, 3.05) is 32.7 Å². The first kappa shape index (κ1) is 21.1. The molecule has 2 fully saturated rings. The van der Waals surface area contributed by atoms with Gasteiger partial charge in [0.25, 0.3) is 0 Å². The normalized spacial score (nSPS) is 20.5. The van der Waals surface area contributed by atoms with Crippen LogP contribution in [0.3, 0.4) is 0 Å². The number of hydrogen-bond donors (Lipinski definition) is 0. The fourth-order valence-electron chi connectivity index (χ4n) is 4.51. The first-order chi connectivity index (χ1) is 15.0. The molecular formula is C25H28N4O2. The maximum Gasteiger partial charge on any atom is 0.228 e. The lowest BCUT2D eigenvalue weighted by Gasteiger charge is -2.36. The van der Waals surface area contributed by atoms with E-state index < -0.39 is 0 Å². The molecule has 0 unspecified atom stereocenters. The molecule has 2 heterocycles. The van der Waals surface area contributed by atoms with Gasteiger partial charge in [0.1, 0.15) is 0 Å². The van der Waals surface area contributed by atoms with E-state index in [0.717, 1.165) is 25.2 Å². The van der Waals surface area contributed by atoms with Crippen molar-refractivity contribution < 1.29 is 9.59 Å². The summed E-state index contributed by atoms with van der Waals surface area (Å²) in [5, 5.41) is 8.92. The van der Waals surface area contributed by atoms with Crippen molar-refractivity contribution in [1.82, 2.24) is 14.7 Å². The Kier molecular flexibility index (Phi) is 6.34. The maximum absolute atomic E-state index is 13.1. The van der Waals surface area contributed by atoms with Crippen LogP contribution in [0.4, 0.5) is 0 Å². The second kappa shape index (κ2) is 9.32. The summed E-state index contributed by atoms with van der Waals surface area (Å²) in [6.07, 6.45) is 0.307. The number of nitriles is 1. The summed E-state index contributed by atoms with van der Waals surface area (Å²) in [6, 6.07) is 19.8. The molecule has 6 nitrogen and oxygen atoms in total. The van der Waals surface area contributed by atoms with E-state index in [2.05, 4.69) is 11.0 Å². The molecule has 160 valence electrons. The summed E-state index contributed by atoms with van der Waals surface area (Å²) in [5.41, 5.74) is 2.94. The number of benzene rings is 2. The summed E-state index contributed by atoms with van der Waals surface area (Å²) >= 11 is 0. The van der Waals surface area contributed by atoms with Gasteiger partial charge in [0.15, 0.2) is 0 Å². The zero-order chi connectivity index (χ0) is 21.8. The van der Waals surface area contributed by atoms with Gasteiger partial charge in [-0.25, -0.2) is 0 Å². The number of nitrogens with zero attached hydrogens (tertiary/aromatic N) is 4. The van der Waals surface area contributed by atoms with E-state index in [-0.39, 0.29) is 23.8 Å². The summed E-state index contributed by atoms with van der Waals surface area (Å²) in [5.74, 6) is -0.0768. The Balaban J connectivity index is 1.29. The van der Waals surface area contributed by atoms with E-state index in [1.807, 2.05) is 71.3 Å². The Hall–Kier alpha value is -3.17. The van der Waals surface area contributed by atoms with Gasteiger partial charge in [-0.05, 0) is 30.2 Å². The average molecular weight is 417 g/mol. The number of amides is 2. The first-order valence-electron chi connectivity index (χ1n) is 10.9. The maximum atomic E-state index is 13.1. The lowest BCUT2D eigenvalue weighted by atomic mass is 10.1. The highest BCUT2D eigenvalue weighted by Crippen LogP contribution is 2.29. The fraction of sp³-hybridized carbons (Fsp3) is 0.400. The van der Waals surface area contributed by atoms with Crippen molar-refractivity contribution in [3.63, 3.8) is 0 Å². The van der Waals surface area contributed by atoms with Gasteiger partial charge >= 0.3 is 0 Å². The molecule has 2 aromatic rings. The van der Waals surface area contributed by atoms with Crippen LogP contribution in [0, 0.1) is 17.2 Å². The number of carbonyl (C=O) groups is 2. The van der Waals surface area contributed by atoms with Crippen molar-refractivity contribution in [3.05, 3.63) is 71.3 Å². The smallest absolute Gasteiger partial charge is 0.228 e. The first-order valence-corrected chi connectivity index (χ1v) is 10.9. The topological polar surface area (TPSA) is 67.7 Å². The lowest BCUT2D eigenvalue weighted by Crippen LogP contribution is -2.50.